The largest absolute Gasteiger partial charge is 0.378 e. The van der Waals surface area contributed by atoms with Gasteiger partial charge in [0.2, 0.25) is 0 Å². The molecule has 5 heteroatoms. The Hall–Kier alpha value is -0.680. The van der Waals surface area contributed by atoms with E-state index in [0.29, 0.717) is 6.10 Å². The molecule has 0 amide bonds. The van der Waals surface area contributed by atoms with Crippen LogP contribution in [-0.4, -0.2) is 29.2 Å². The van der Waals surface area contributed by atoms with Crippen molar-refractivity contribution in [3.8, 4) is 0 Å². The summed E-state index contributed by atoms with van der Waals surface area (Å²) in [5, 5.41) is 3.28. The monoisotopic (exact) mass is 285 g/mol. The SMILES string of the molecule is Brc1cncnc1NCCC1CCCCO1. The van der Waals surface area contributed by atoms with Crippen LogP contribution in [0.5, 0.6) is 0 Å². The zero-order valence-electron chi connectivity index (χ0n) is 9.16. The van der Waals surface area contributed by atoms with Crippen molar-refractivity contribution in [1.82, 2.24) is 9.97 Å². The maximum absolute atomic E-state index is 5.66. The summed E-state index contributed by atoms with van der Waals surface area (Å²) in [7, 11) is 0. The maximum Gasteiger partial charge on any atom is 0.143 e. The molecule has 1 aliphatic rings. The molecule has 2 heterocycles. The molecule has 0 aliphatic carbocycles. The van der Waals surface area contributed by atoms with E-state index in [9.17, 15) is 0 Å². The van der Waals surface area contributed by atoms with Crippen molar-refractivity contribution >= 4 is 21.7 Å². The molecule has 16 heavy (non-hydrogen) atoms. The van der Waals surface area contributed by atoms with Gasteiger partial charge in [0, 0.05) is 19.3 Å². The van der Waals surface area contributed by atoms with E-state index in [1.807, 2.05) is 0 Å². The number of aromatic nitrogens is 2. The highest BCUT2D eigenvalue weighted by molar-refractivity contribution is 9.10. The maximum atomic E-state index is 5.66. The number of halogens is 1. The first-order valence-electron chi connectivity index (χ1n) is 5.67. The summed E-state index contributed by atoms with van der Waals surface area (Å²) < 4.78 is 6.56. The van der Waals surface area contributed by atoms with Crippen molar-refractivity contribution in [2.45, 2.75) is 31.8 Å². The number of rotatable bonds is 4. The van der Waals surface area contributed by atoms with Gasteiger partial charge in [0.25, 0.3) is 0 Å². The molecule has 0 saturated carbocycles. The summed E-state index contributed by atoms with van der Waals surface area (Å²) in [6, 6.07) is 0. The molecule has 1 fully saturated rings. The summed E-state index contributed by atoms with van der Waals surface area (Å²) in [4.78, 5) is 8.07. The first-order chi connectivity index (χ1) is 7.86. The molecule has 1 aliphatic heterocycles. The molecule has 0 bridgehead atoms. The Morgan fingerprint density at radius 1 is 1.50 bits per heavy atom. The van der Waals surface area contributed by atoms with Gasteiger partial charge in [-0.25, -0.2) is 9.97 Å². The number of ether oxygens (including phenoxy) is 1. The predicted molar refractivity (Wildman–Crippen MR) is 66.4 cm³/mol. The first kappa shape index (κ1) is 11.8. The fourth-order valence-electron chi connectivity index (χ4n) is 1.83. The van der Waals surface area contributed by atoms with Crippen LogP contribution in [0.3, 0.4) is 0 Å². The Kier molecular flexibility index (Phi) is 4.54. The highest BCUT2D eigenvalue weighted by Gasteiger charge is 2.13. The van der Waals surface area contributed by atoms with Gasteiger partial charge in [0.05, 0.1) is 10.6 Å². The smallest absolute Gasteiger partial charge is 0.143 e. The van der Waals surface area contributed by atoms with Gasteiger partial charge in [0.1, 0.15) is 12.1 Å². The second-order valence-electron chi connectivity index (χ2n) is 3.92. The van der Waals surface area contributed by atoms with Crippen LogP contribution in [0.25, 0.3) is 0 Å². The van der Waals surface area contributed by atoms with Crippen molar-refractivity contribution in [1.29, 1.82) is 0 Å². The summed E-state index contributed by atoms with van der Waals surface area (Å²) in [6.45, 7) is 1.81. The summed E-state index contributed by atoms with van der Waals surface area (Å²) in [5.41, 5.74) is 0. The van der Waals surface area contributed by atoms with E-state index < -0.39 is 0 Å². The fraction of sp³-hybridized carbons (Fsp3) is 0.636. The molecule has 1 saturated heterocycles. The van der Waals surface area contributed by atoms with Gasteiger partial charge in [-0.15, -0.1) is 0 Å². The molecule has 1 aromatic heterocycles. The normalized spacial score (nSPS) is 20.7. The number of nitrogens with one attached hydrogen (secondary N) is 1. The van der Waals surface area contributed by atoms with E-state index in [-0.39, 0.29) is 0 Å². The van der Waals surface area contributed by atoms with E-state index >= 15 is 0 Å². The van der Waals surface area contributed by atoms with Crippen molar-refractivity contribution in [3.63, 3.8) is 0 Å². The molecule has 0 radical (unpaired) electrons. The van der Waals surface area contributed by atoms with Gasteiger partial charge < -0.3 is 10.1 Å². The third-order valence-electron chi connectivity index (χ3n) is 2.70. The minimum atomic E-state index is 0.418. The topological polar surface area (TPSA) is 47.0 Å². The van der Waals surface area contributed by atoms with E-state index in [2.05, 4.69) is 31.2 Å². The highest BCUT2D eigenvalue weighted by Crippen LogP contribution is 2.18. The summed E-state index contributed by atoms with van der Waals surface area (Å²) in [6.07, 6.45) is 8.44. The Balaban J connectivity index is 1.73. The van der Waals surface area contributed by atoms with Gasteiger partial charge in [0.15, 0.2) is 0 Å². The van der Waals surface area contributed by atoms with Gasteiger partial charge in [-0.05, 0) is 41.6 Å². The number of anilines is 1. The molecule has 0 spiro atoms. The van der Waals surface area contributed by atoms with Crippen molar-refractivity contribution < 1.29 is 4.74 Å². The summed E-state index contributed by atoms with van der Waals surface area (Å²) >= 11 is 3.40. The molecule has 1 unspecified atom stereocenters. The molecule has 2 rings (SSSR count). The number of hydrogen-bond acceptors (Lipinski definition) is 4. The van der Waals surface area contributed by atoms with Crippen LogP contribution < -0.4 is 5.32 Å². The van der Waals surface area contributed by atoms with Gasteiger partial charge in [-0.3, -0.25) is 0 Å². The number of hydrogen-bond donors (Lipinski definition) is 1. The molecule has 1 aromatic rings. The van der Waals surface area contributed by atoms with E-state index in [1.165, 1.54) is 19.3 Å². The minimum Gasteiger partial charge on any atom is -0.378 e. The van der Waals surface area contributed by atoms with Crippen LogP contribution >= 0.6 is 15.9 Å². The van der Waals surface area contributed by atoms with Crippen LogP contribution in [0.2, 0.25) is 0 Å². The zero-order valence-corrected chi connectivity index (χ0v) is 10.7. The Morgan fingerprint density at radius 3 is 3.19 bits per heavy atom. The molecular formula is C11H16BrN3O. The zero-order chi connectivity index (χ0) is 11.2. The van der Waals surface area contributed by atoms with E-state index in [0.717, 1.165) is 29.9 Å². The molecule has 88 valence electrons. The van der Waals surface area contributed by atoms with Crippen LogP contribution in [0, 0.1) is 0 Å². The lowest BCUT2D eigenvalue weighted by molar-refractivity contribution is 0.0134. The Bertz CT molecular complexity index is 329. The average Bonchev–Trinajstić information content (AvgIpc) is 2.33. The predicted octanol–water partition coefficient (Wildman–Crippen LogP) is 2.61. The van der Waals surface area contributed by atoms with Crippen molar-refractivity contribution in [3.05, 3.63) is 17.0 Å². The van der Waals surface area contributed by atoms with Crippen LogP contribution in [0.1, 0.15) is 25.7 Å². The molecule has 4 nitrogen and oxygen atoms in total. The van der Waals surface area contributed by atoms with E-state index in [1.54, 1.807) is 12.5 Å². The quantitative estimate of drug-likeness (QED) is 0.924. The second kappa shape index (κ2) is 6.15. The van der Waals surface area contributed by atoms with Crippen LogP contribution in [0.15, 0.2) is 17.0 Å². The highest BCUT2D eigenvalue weighted by atomic mass is 79.9. The lowest BCUT2D eigenvalue weighted by Gasteiger charge is -2.22. The fourth-order valence-corrected chi connectivity index (χ4v) is 2.19. The third-order valence-corrected chi connectivity index (χ3v) is 3.28. The first-order valence-corrected chi connectivity index (χ1v) is 6.46. The summed E-state index contributed by atoms with van der Waals surface area (Å²) in [5.74, 6) is 0.853. The average molecular weight is 286 g/mol. The van der Waals surface area contributed by atoms with Crippen molar-refractivity contribution in [2.24, 2.45) is 0 Å². The third kappa shape index (κ3) is 3.42. The lowest BCUT2D eigenvalue weighted by Crippen LogP contribution is -2.22. The molecule has 0 aromatic carbocycles. The Morgan fingerprint density at radius 2 is 2.44 bits per heavy atom. The molecular weight excluding hydrogens is 270 g/mol. The second-order valence-corrected chi connectivity index (χ2v) is 4.78. The molecule has 1 N–H and O–H groups in total. The number of nitrogens with zero attached hydrogens (tertiary/aromatic N) is 2. The van der Waals surface area contributed by atoms with E-state index in [4.69, 9.17) is 4.74 Å². The lowest BCUT2D eigenvalue weighted by atomic mass is 10.1. The van der Waals surface area contributed by atoms with Gasteiger partial charge in [-0.1, -0.05) is 0 Å². The van der Waals surface area contributed by atoms with Crippen LogP contribution in [0.4, 0.5) is 5.82 Å². The van der Waals surface area contributed by atoms with Crippen molar-refractivity contribution in [2.75, 3.05) is 18.5 Å². The standard InChI is InChI=1S/C11H16BrN3O/c12-10-7-13-8-15-11(10)14-5-4-9-3-1-2-6-16-9/h7-9H,1-6H2,(H,13,14,15). The molecule has 1 atom stereocenters. The van der Waals surface area contributed by atoms with Gasteiger partial charge >= 0.3 is 0 Å². The minimum absolute atomic E-state index is 0.418. The Labute approximate surface area is 104 Å². The van der Waals surface area contributed by atoms with Crippen LogP contribution in [-0.2, 0) is 4.74 Å². The van der Waals surface area contributed by atoms with Gasteiger partial charge in [-0.2, -0.15) is 0 Å².